The molecule has 2 aromatic carbocycles. The van der Waals surface area contributed by atoms with E-state index >= 15 is 0 Å². The van der Waals surface area contributed by atoms with Crippen LogP contribution in [0.1, 0.15) is 27.0 Å². The number of nitrogens with one attached hydrogen (secondary N) is 1. The second kappa shape index (κ2) is 7.72. The normalized spacial score (nSPS) is 11.6. The Morgan fingerprint density at radius 2 is 1.76 bits per heavy atom. The SMILES string of the molecule is Cc1ccc(NC(=O)c2cc3ccccc3oc2=Nc2ccc(C)cc2C)nc1. The molecule has 2 heterocycles. The Morgan fingerprint density at radius 3 is 2.52 bits per heavy atom. The minimum absolute atomic E-state index is 0.264. The molecule has 0 atom stereocenters. The van der Waals surface area contributed by atoms with E-state index in [1.54, 1.807) is 18.3 Å². The predicted octanol–water partition coefficient (Wildman–Crippen LogP) is 5.24. The Bertz CT molecular complexity index is 1270. The summed E-state index contributed by atoms with van der Waals surface area (Å²) in [6.07, 6.45) is 1.71. The first kappa shape index (κ1) is 18.6. The molecule has 1 N–H and O–H groups in total. The number of hydrogen-bond acceptors (Lipinski definition) is 4. The molecule has 0 bridgehead atoms. The third kappa shape index (κ3) is 4.09. The highest BCUT2D eigenvalue weighted by atomic mass is 16.3. The number of amides is 1. The summed E-state index contributed by atoms with van der Waals surface area (Å²) < 4.78 is 6.01. The summed E-state index contributed by atoms with van der Waals surface area (Å²) in [6.45, 7) is 5.97. The van der Waals surface area contributed by atoms with Crippen LogP contribution in [0.15, 0.2) is 76.3 Å². The van der Waals surface area contributed by atoms with Gasteiger partial charge in [0.15, 0.2) is 0 Å². The number of para-hydroxylation sites is 1. The average Bonchev–Trinajstić information content (AvgIpc) is 2.71. The zero-order chi connectivity index (χ0) is 20.4. The lowest BCUT2D eigenvalue weighted by Crippen LogP contribution is -2.22. The highest BCUT2D eigenvalue weighted by Gasteiger charge is 2.14. The van der Waals surface area contributed by atoms with Crippen LogP contribution in [-0.2, 0) is 0 Å². The summed E-state index contributed by atoms with van der Waals surface area (Å²) in [6, 6.07) is 19.0. The molecule has 0 saturated carbocycles. The van der Waals surface area contributed by atoms with Crippen LogP contribution in [0.25, 0.3) is 11.0 Å². The Hall–Kier alpha value is -3.73. The van der Waals surface area contributed by atoms with E-state index < -0.39 is 0 Å². The van der Waals surface area contributed by atoms with Gasteiger partial charge in [-0.25, -0.2) is 9.98 Å². The topological polar surface area (TPSA) is 67.5 Å². The molecule has 0 fully saturated rings. The Morgan fingerprint density at radius 1 is 0.966 bits per heavy atom. The minimum atomic E-state index is -0.320. The Balaban J connectivity index is 1.84. The second-order valence-corrected chi connectivity index (χ2v) is 7.08. The standard InChI is InChI=1S/C24H21N3O2/c1-15-8-10-20(17(3)12-15)26-24-19(13-18-6-4-5-7-21(18)29-24)23(28)27-22-11-9-16(2)14-25-22/h4-14H,1-3H3,(H,25,27,28). The van der Waals surface area contributed by atoms with Crippen LogP contribution in [-0.4, -0.2) is 10.9 Å². The van der Waals surface area contributed by atoms with Gasteiger partial charge >= 0.3 is 0 Å². The zero-order valence-corrected chi connectivity index (χ0v) is 16.6. The molecule has 4 rings (SSSR count). The van der Waals surface area contributed by atoms with E-state index in [0.717, 1.165) is 27.8 Å². The van der Waals surface area contributed by atoms with Crippen molar-refractivity contribution in [3.8, 4) is 0 Å². The number of aromatic nitrogens is 1. The fourth-order valence-corrected chi connectivity index (χ4v) is 3.08. The summed E-state index contributed by atoms with van der Waals surface area (Å²) in [7, 11) is 0. The van der Waals surface area contributed by atoms with Gasteiger partial charge in [0, 0.05) is 11.6 Å². The van der Waals surface area contributed by atoms with Gasteiger partial charge < -0.3 is 9.73 Å². The predicted molar refractivity (Wildman–Crippen MR) is 114 cm³/mol. The van der Waals surface area contributed by atoms with Gasteiger partial charge in [0.1, 0.15) is 17.0 Å². The fourth-order valence-electron chi connectivity index (χ4n) is 3.08. The molecule has 0 aliphatic heterocycles. The summed E-state index contributed by atoms with van der Waals surface area (Å²) in [4.78, 5) is 21.9. The van der Waals surface area contributed by atoms with Crippen molar-refractivity contribution >= 4 is 28.4 Å². The maximum Gasteiger partial charge on any atom is 0.262 e. The lowest BCUT2D eigenvalue weighted by atomic mass is 10.1. The molecule has 5 nitrogen and oxygen atoms in total. The van der Waals surface area contributed by atoms with Gasteiger partial charge in [-0.05, 0) is 56.2 Å². The maximum absolute atomic E-state index is 13.0. The molecule has 0 aliphatic rings. The van der Waals surface area contributed by atoms with Gasteiger partial charge in [-0.3, -0.25) is 4.79 Å². The van der Waals surface area contributed by atoms with Crippen molar-refractivity contribution in [2.45, 2.75) is 20.8 Å². The summed E-state index contributed by atoms with van der Waals surface area (Å²) in [5.74, 6) is 0.158. The van der Waals surface area contributed by atoms with E-state index in [1.165, 1.54) is 0 Å². The first-order valence-electron chi connectivity index (χ1n) is 9.38. The smallest absolute Gasteiger partial charge is 0.262 e. The first-order chi connectivity index (χ1) is 14.0. The largest absolute Gasteiger partial charge is 0.438 e. The summed E-state index contributed by atoms with van der Waals surface area (Å²) in [5, 5.41) is 3.66. The highest BCUT2D eigenvalue weighted by Crippen LogP contribution is 2.20. The van der Waals surface area contributed by atoms with E-state index in [2.05, 4.69) is 21.4 Å². The molecule has 1 amide bonds. The maximum atomic E-state index is 13.0. The Kier molecular flexibility index (Phi) is 4.96. The monoisotopic (exact) mass is 383 g/mol. The number of rotatable bonds is 3. The summed E-state index contributed by atoms with van der Waals surface area (Å²) >= 11 is 0. The highest BCUT2D eigenvalue weighted by molar-refractivity contribution is 6.04. The molecule has 4 aromatic rings. The molecular weight excluding hydrogens is 362 g/mol. The number of aryl methyl sites for hydroxylation is 3. The van der Waals surface area contributed by atoms with Gasteiger partial charge in [0.05, 0.1) is 5.69 Å². The number of pyridine rings is 1. The molecule has 0 aliphatic carbocycles. The third-order valence-corrected chi connectivity index (χ3v) is 4.63. The number of carbonyl (C=O) groups is 1. The molecule has 5 heteroatoms. The Labute approximate surface area is 168 Å². The molecule has 0 unspecified atom stereocenters. The first-order valence-corrected chi connectivity index (χ1v) is 9.38. The molecule has 2 aromatic heterocycles. The van der Waals surface area contributed by atoms with Crippen molar-refractivity contribution in [1.82, 2.24) is 4.98 Å². The number of anilines is 1. The van der Waals surface area contributed by atoms with Gasteiger partial charge in [0.2, 0.25) is 5.55 Å². The zero-order valence-electron chi connectivity index (χ0n) is 16.6. The number of fused-ring (bicyclic) bond motifs is 1. The van der Waals surface area contributed by atoms with E-state index in [9.17, 15) is 4.79 Å². The fraction of sp³-hybridized carbons (Fsp3) is 0.125. The van der Waals surface area contributed by atoms with Crippen molar-refractivity contribution in [2.75, 3.05) is 5.32 Å². The molecule has 0 radical (unpaired) electrons. The average molecular weight is 383 g/mol. The molecule has 144 valence electrons. The van der Waals surface area contributed by atoms with Crippen molar-refractivity contribution in [3.05, 3.63) is 94.7 Å². The van der Waals surface area contributed by atoms with E-state index in [4.69, 9.17) is 4.42 Å². The number of hydrogen-bond donors (Lipinski definition) is 1. The molecule has 0 saturated heterocycles. The quantitative estimate of drug-likeness (QED) is 0.526. The van der Waals surface area contributed by atoms with Crippen LogP contribution in [0.3, 0.4) is 0 Å². The van der Waals surface area contributed by atoms with Gasteiger partial charge in [-0.15, -0.1) is 0 Å². The van der Waals surface area contributed by atoms with Gasteiger partial charge in [-0.1, -0.05) is 42.0 Å². The van der Waals surface area contributed by atoms with Crippen LogP contribution < -0.4 is 10.9 Å². The molecular formula is C24H21N3O2. The van der Waals surface area contributed by atoms with Crippen molar-refractivity contribution in [3.63, 3.8) is 0 Å². The lowest BCUT2D eigenvalue weighted by molar-refractivity contribution is 0.102. The van der Waals surface area contributed by atoms with Crippen LogP contribution in [0.5, 0.6) is 0 Å². The van der Waals surface area contributed by atoms with Gasteiger partial charge in [0.25, 0.3) is 5.91 Å². The van der Waals surface area contributed by atoms with Crippen LogP contribution in [0.2, 0.25) is 0 Å². The number of nitrogens with zero attached hydrogens (tertiary/aromatic N) is 2. The lowest BCUT2D eigenvalue weighted by Gasteiger charge is -2.07. The summed E-state index contributed by atoms with van der Waals surface area (Å²) in [5.41, 5.74) is 5.24. The van der Waals surface area contributed by atoms with Gasteiger partial charge in [-0.2, -0.15) is 0 Å². The minimum Gasteiger partial charge on any atom is -0.438 e. The third-order valence-electron chi connectivity index (χ3n) is 4.63. The van der Waals surface area contributed by atoms with Crippen molar-refractivity contribution in [1.29, 1.82) is 0 Å². The van der Waals surface area contributed by atoms with Crippen LogP contribution in [0.4, 0.5) is 11.5 Å². The van der Waals surface area contributed by atoms with Crippen molar-refractivity contribution in [2.24, 2.45) is 4.99 Å². The molecule has 29 heavy (non-hydrogen) atoms. The van der Waals surface area contributed by atoms with E-state index in [1.807, 2.05) is 63.2 Å². The van der Waals surface area contributed by atoms with Crippen molar-refractivity contribution < 1.29 is 9.21 Å². The van der Waals surface area contributed by atoms with Crippen LogP contribution >= 0.6 is 0 Å². The second-order valence-electron chi connectivity index (χ2n) is 7.08. The van der Waals surface area contributed by atoms with Crippen LogP contribution in [0, 0.1) is 20.8 Å². The van der Waals surface area contributed by atoms with E-state index in [-0.39, 0.29) is 11.5 Å². The number of benzene rings is 2. The molecule has 0 spiro atoms. The number of carbonyl (C=O) groups excluding carboxylic acids is 1. The van der Waals surface area contributed by atoms with E-state index in [0.29, 0.717) is 17.0 Å².